The van der Waals surface area contributed by atoms with Crippen molar-refractivity contribution in [3.63, 3.8) is 0 Å². The van der Waals surface area contributed by atoms with E-state index >= 15 is 0 Å². The third-order valence-electron chi connectivity index (χ3n) is 4.21. The zero-order chi connectivity index (χ0) is 14.2. The first-order valence-corrected chi connectivity index (χ1v) is 9.33. The molecule has 1 N–H and O–H groups in total. The molecule has 1 amide bonds. The van der Waals surface area contributed by atoms with Crippen LogP contribution >= 0.6 is 22.7 Å². The molecular weight excluding hydrogens is 300 g/mol. The molecule has 0 unspecified atom stereocenters. The van der Waals surface area contributed by atoms with Gasteiger partial charge >= 0.3 is 0 Å². The van der Waals surface area contributed by atoms with Gasteiger partial charge in [0.05, 0.1) is 17.0 Å². The minimum absolute atomic E-state index is 0.141. The molecular formula is C16H18N2OS2. The second-order valence-electron chi connectivity index (χ2n) is 6.07. The van der Waals surface area contributed by atoms with Gasteiger partial charge < -0.3 is 5.32 Å². The number of nitrogens with one attached hydrogen (secondary N) is 1. The SMILES string of the molecule is O=C(Cc1csc(-c2cccs2)n1)NC(C1CC1)C1CC1. The molecule has 0 spiro atoms. The lowest BCUT2D eigenvalue weighted by Gasteiger charge is -2.17. The van der Waals surface area contributed by atoms with Crippen molar-refractivity contribution in [2.75, 3.05) is 0 Å². The van der Waals surface area contributed by atoms with Crippen molar-refractivity contribution in [1.82, 2.24) is 10.3 Å². The second kappa shape index (κ2) is 5.54. The van der Waals surface area contributed by atoms with Crippen molar-refractivity contribution in [2.45, 2.75) is 38.1 Å². The maximum atomic E-state index is 12.2. The van der Waals surface area contributed by atoms with E-state index in [1.807, 2.05) is 11.4 Å². The van der Waals surface area contributed by atoms with Gasteiger partial charge in [0.1, 0.15) is 5.01 Å². The van der Waals surface area contributed by atoms with E-state index in [1.54, 1.807) is 22.7 Å². The van der Waals surface area contributed by atoms with Crippen LogP contribution in [0.2, 0.25) is 0 Å². The first-order valence-electron chi connectivity index (χ1n) is 7.57. The van der Waals surface area contributed by atoms with Crippen LogP contribution in [0.5, 0.6) is 0 Å². The summed E-state index contributed by atoms with van der Waals surface area (Å²) in [5, 5.41) is 8.35. The van der Waals surface area contributed by atoms with E-state index in [0.29, 0.717) is 12.5 Å². The molecule has 0 aromatic carbocycles. The molecule has 2 fully saturated rings. The van der Waals surface area contributed by atoms with Crippen molar-refractivity contribution < 1.29 is 4.79 Å². The highest BCUT2D eigenvalue weighted by Gasteiger charge is 2.42. The monoisotopic (exact) mass is 318 g/mol. The molecule has 4 rings (SSSR count). The van der Waals surface area contributed by atoms with Gasteiger partial charge in [-0.3, -0.25) is 4.79 Å². The maximum absolute atomic E-state index is 12.2. The summed E-state index contributed by atoms with van der Waals surface area (Å²) in [7, 11) is 0. The van der Waals surface area contributed by atoms with Crippen LogP contribution in [-0.4, -0.2) is 16.9 Å². The molecule has 2 heterocycles. The van der Waals surface area contributed by atoms with Crippen LogP contribution in [0, 0.1) is 11.8 Å². The van der Waals surface area contributed by atoms with Crippen molar-refractivity contribution in [1.29, 1.82) is 0 Å². The fraction of sp³-hybridized carbons (Fsp3) is 0.500. The summed E-state index contributed by atoms with van der Waals surface area (Å²) in [6.07, 6.45) is 5.58. The van der Waals surface area contributed by atoms with Crippen LogP contribution in [0.3, 0.4) is 0 Å². The van der Waals surface area contributed by atoms with Gasteiger partial charge in [0.15, 0.2) is 0 Å². The molecule has 2 aliphatic rings. The van der Waals surface area contributed by atoms with Gasteiger partial charge in [0.25, 0.3) is 0 Å². The highest BCUT2D eigenvalue weighted by Crippen LogP contribution is 2.44. The Kier molecular flexibility index (Phi) is 3.55. The summed E-state index contributed by atoms with van der Waals surface area (Å²) in [5.41, 5.74) is 0.895. The lowest BCUT2D eigenvalue weighted by molar-refractivity contribution is -0.121. The summed E-state index contributed by atoms with van der Waals surface area (Å²) in [4.78, 5) is 18.0. The van der Waals surface area contributed by atoms with Gasteiger partial charge in [-0.25, -0.2) is 4.98 Å². The predicted octanol–water partition coefficient (Wildman–Crippen LogP) is 3.72. The Hall–Kier alpha value is -1.20. The zero-order valence-corrected chi connectivity index (χ0v) is 13.4. The molecule has 2 aromatic rings. The Morgan fingerprint density at radius 1 is 1.29 bits per heavy atom. The van der Waals surface area contributed by atoms with E-state index in [2.05, 4.69) is 21.7 Å². The van der Waals surface area contributed by atoms with Crippen LogP contribution in [0.15, 0.2) is 22.9 Å². The highest BCUT2D eigenvalue weighted by molar-refractivity contribution is 7.20. The number of carbonyl (C=O) groups excluding carboxylic acids is 1. The van der Waals surface area contributed by atoms with Crippen LogP contribution in [0.1, 0.15) is 31.4 Å². The van der Waals surface area contributed by atoms with Crippen LogP contribution < -0.4 is 5.32 Å². The summed E-state index contributed by atoms with van der Waals surface area (Å²) in [6.45, 7) is 0. The summed E-state index contributed by atoms with van der Waals surface area (Å²) in [6, 6.07) is 4.54. The molecule has 2 aliphatic carbocycles. The van der Waals surface area contributed by atoms with Gasteiger partial charge in [0, 0.05) is 11.4 Å². The zero-order valence-electron chi connectivity index (χ0n) is 11.7. The minimum Gasteiger partial charge on any atom is -0.352 e. The molecule has 0 bridgehead atoms. The van der Waals surface area contributed by atoms with Gasteiger partial charge in [-0.05, 0) is 49.0 Å². The third-order valence-corrected chi connectivity index (χ3v) is 6.14. The molecule has 21 heavy (non-hydrogen) atoms. The Balaban J connectivity index is 1.38. The minimum atomic E-state index is 0.141. The average Bonchev–Trinajstić information content (AvgIpc) is 3.39. The summed E-state index contributed by atoms with van der Waals surface area (Å²) < 4.78 is 0. The Morgan fingerprint density at radius 2 is 2.05 bits per heavy atom. The maximum Gasteiger partial charge on any atom is 0.226 e. The molecule has 2 aromatic heterocycles. The highest BCUT2D eigenvalue weighted by atomic mass is 32.1. The van der Waals surface area contributed by atoms with Crippen molar-refractivity contribution in [3.8, 4) is 9.88 Å². The number of amides is 1. The summed E-state index contributed by atoms with van der Waals surface area (Å²) in [5.74, 6) is 1.64. The fourth-order valence-electron chi connectivity index (χ4n) is 2.83. The van der Waals surface area contributed by atoms with Gasteiger partial charge in [-0.15, -0.1) is 22.7 Å². The standard InChI is InChI=1S/C16H18N2OS2/c19-14(18-15(10-3-4-10)11-5-6-11)8-12-9-21-16(17-12)13-2-1-7-20-13/h1-2,7,9-11,15H,3-6,8H2,(H,18,19). The van der Waals surface area contributed by atoms with Crippen molar-refractivity contribution in [3.05, 3.63) is 28.6 Å². The molecule has 110 valence electrons. The number of rotatable bonds is 6. The number of hydrogen-bond acceptors (Lipinski definition) is 4. The van der Waals surface area contributed by atoms with Crippen LogP contribution in [0.25, 0.3) is 9.88 Å². The molecule has 0 aliphatic heterocycles. The van der Waals surface area contributed by atoms with Crippen LogP contribution in [0.4, 0.5) is 0 Å². The van der Waals surface area contributed by atoms with Crippen molar-refractivity contribution >= 4 is 28.6 Å². The van der Waals surface area contributed by atoms with E-state index in [9.17, 15) is 4.79 Å². The smallest absolute Gasteiger partial charge is 0.226 e. The van der Waals surface area contributed by atoms with E-state index < -0.39 is 0 Å². The van der Waals surface area contributed by atoms with E-state index in [4.69, 9.17) is 0 Å². The fourth-order valence-corrected chi connectivity index (χ4v) is 4.47. The predicted molar refractivity (Wildman–Crippen MR) is 86.5 cm³/mol. The van der Waals surface area contributed by atoms with Gasteiger partial charge in [-0.2, -0.15) is 0 Å². The lowest BCUT2D eigenvalue weighted by Crippen LogP contribution is -2.39. The Labute approximate surface area is 132 Å². The number of nitrogens with zero attached hydrogens (tertiary/aromatic N) is 1. The normalized spacial score (nSPS) is 18.1. The molecule has 2 saturated carbocycles. The number of carbonyl (C=O) groups is 1. The largest absolute Gasteiger partial charge is 0.352 e. The topological polar surface area (TPSA) is 42.0 Å². The van der Waals surface area contributed by atoms with Crippen LogP contribution in [-0.2, 0) is 11.2 Å². The third kappa shape index (κ3) is 3.19. The summed E-state index contributed by atoms with van der Waals surface area (Å²) >= 11 is 3.32. The number of thiophene rings is 1. The molecule has 0 saturated heterocycles. The lowest BCUT2D eigenvalue weighted by atomic mass is 10.1. The number of aromatic nitrogens is 1. The van der Waals surface area contributed by atoms with Gasteiger partial charge in [-0.1, -0.05) is 6.07 Å². The number of thiazole rings is 1. The second-order valence-corrected chi connectivity index (χ2v) is 7.87. The molecule has 5 heteroatoms. The molecule has 0 radical (unpaired) electrons. The Bertz CT molecular complexity index is 615. The average molecular weight is 318 g/mol. The molecule has 3 nitrogen and oxygen atoms in total. The quantitative estimate of drug-likeness (QED) is 0.882. The van der Waals surface area contributed by atoms with E-state index in [0.717, 1.165) is 22.5 Å². The first-order chi connectivity index (χ1) is 10.3. The number of hydrogen-bond donors (Lipinski definition) is 1. The van der Waals surface area contributed by atoms with Crippen molar-refractivity contribution in [2.24, 2.45) is 11.8 Å². The van der Waals surface area contributed by atoms with E-state index in [1.165, 1.54) is 30.6 Å². The first kappa shape index (κ1) is 13.5. The molecule has 0 atom stereocenters. The Morgan fingerprint density at radius 3 is 2.67 bits per heavy atom. The van der Waals surface area contributed by atoms with E-state index in [-0.39, 0.29) is 5.91 Å². The van der Waals surface area contributed by atoms with Gasteiger partial charge in [0.2, 0.25) is 5.91 Å².